The van der Waals surface area contributed by atoms with Gasteiger partial charge in [-0.05, 0) is 25.7 Å². The van der Waals surface area contributed by atoms with Crippen LogP contribution in [0.1, 0.15) is 541 Å². The third kappa shape index (κ3) is 115. The van der Waals surface area contributed by atoms with E-state index in [-0.39, 0.29) is 0 Å². The Balaban J connectivity index is -0.000000406. The summed E-state index contributed by atoms with van der Waals surface area (Å²) in [5.74, 6) is -2.60. The first-order valence-corrected chi connectivity index (χ1v) is 46.6. The van der Waals surface area contributed by atoms with Crippen LogP contribution in [-0.2, 0) is 19.2 Å². The van der Waals surface area contributed by atoms with E-state index in [9.17, 15) is 19.2 Å². The molecule has 0 aromatic heterocycles. The topological polar surface area (TPSA) is 230 Å². The molecular weight excluding hydrogens is 1310 g/mol. The van der Waals surface area contributed by atoms with E-state index in [2.05, 4.69) is 27.7 Å². The zero-order chi connectivity index (χ0) is 78.2. The smallest absolute Gasteiger partial charge is 0.303 e. The van der Waals surface area contributed by atoms with Gasteiger partial charge < -0.3 is 40.9 Å². The Labute approximate surface area is 653 Å². The van der Waals surface area contributed by atoms with Crippen molar-refractivity contribution in [2.75, 3.05) is 26.4 Å². The Morgan fingerprint density at radius 3 is 0.286 bits per heavy atom. The fourth-order valence-electron chi connectivity index (χ4n) is 13.7. The minimum absolute atomic E-state index is 0.346. The summed E-state index contributed by atoms with van der Waals surface area (Å²) in [7, 11) is 0. The van der Waals surface area contributed by atoms with E-state index >= 15 is 0 Å². The molecule has 632 valence electrons. The summed E-state index contributed by atoms with van der Waals surface area (Å²) in [6.07, 6.45) is 104. The fourth-order valence-corrected chi connectivity index (χ4v) is 13.7. The van der Waals surface area contributed by atoms with E-state index in [1.807, 2.05) is 0 Å². The molecule has 0 bridgehead atoms. The molecule has 0 amide bonds. The molecule has 0 radical (unpaired) electrons. The van der Waals surface area contributed by atoms with E-state index in [1.54, 1.807) is 0 Å². The van der Waals surface area contributed by atoms with Crippen LogP contribution in [0, 0.1) is 5.41 Å². The predicted molar refractivity (Wildman–Crippen MR) is 453 cm³/mol. The Hall–Kier alpha value is -2.28. The quantitative estimate of drug-likeness (QED) is 0.0266. The minimum atomic E-state index is -1.11. The van der Waals surface area contributed by atoms with Crippen molar-refractivity contribution in [1.29, 1.82) is 0 Å². The molecule has 105 heavy (non-hydrogen) atoms. The van der Waals surface area contributed by atoms with Crippen molar-refractivity contribution in [3.05, 3.63) is 0 Å². The summed E-state index contributed by atoms with van der Waals surface area (Å²) in [5.41, 5.74) is -1.11. The number of hydrogen-bond donors (Lipinski definition) is 8. The van der Waals surface area contributed by atoms with Crippen molar-refractivity contribution in [3.63, 3.8) is 0 Å². The number of aliphatic carboxylic acids is 4. The highest BCUT2D eigenvalue weighted by molar-refractivity contribution is 5.67. The van der Waals surface area contributed by atoms with Crippen LogP contribution >= 0.6 is 0 Å². The normalized spacial score (nSPS) is 11.1. The zero-order valence-electron chi connectivity index (χ0n) is 71.1. The van der Waals surface area contributed by atoms with Gasteiger partial charge in [-0.15, -0.1) is 0 Å². The first kappa shape index (κ1) is 111. The lowest BCUT2D eigenvalue weighted by Gasteiger charge is -2.23. The summed E-state index contributed by atoms with van der Waals surface area (Å²) in [6.45, 7) is 7.51. The molecule has 12 nitrogen and oxygen atoms in total. The summed E-state index contributed by atoms with van der Waals surface area (Å²) >= 11 is 0. The Bertz CT molecular complexity index is 1360. The average Bonchev–Trinajstić information content (AvgIpc) is 0.944. The second-order valence-electron chi connectivity index (χ2n) is 32.2. The average molecular weight is 1500 g/mol. The van der Waals surface area contributed by atoms with Crippen molar-refractivity contribution in [1.82, 2.24) is 0 Å². The largest absolute Gasteiger partial charge is 0.481 e. The molecule has 8 N–H and O–H groups in total. The molecule has 0 aromatic carbocycles. The predicted octanol–water partition coefficient (Wildman–Crippen LogP) is 29.5. The number of aliphatic hydroxyl groups excluding tert-OH is 4. The second kappa shape index (κ2) is 104. The molecule has 0 rings (SSSR count). The monoisotopic (exact) mass is 1500 g/mol. The zero-order valence-corrected chi connectivity index (χ0v) is 71.1. The molecule has 0 unspecified atom stereocenters. The SMILES string of the molecule is CCCCCCCCCCCCCCCCCCCCCC(=O)O.CCCCCCCCCCCCCCCCCCCCCC(=O)O.CCCCCCCCCCCCCCCCCCCCCC(=O)O.CCCCCCCCCCCCCCCCCCCCCC(=O)O.OCC(CO)(CO)CO. The maximum absolute atomic E-state index is 10.4. The Morgan fingerprint density at radius 2 is 0.229 bits per heavy atom. The van der Waals surface area contributed by atoms with E-state index in [1.165, 1.54) is 437 Å². The Morgan fingerprint density at radius 1 is 0.152 bits per heavy atom. The summed E-state index contributed by atoms with van der Waals surface area (Å²) in [5, 5.41) is 68.2. The highest BCUT2D eigenvalue weighted by Crippen LogP contribution is 2.21. The molecule has 0 aliphatic rings. The van der Waals surface area contributed by atoms with Gasteiger partial charge in [-0.3, -0.25) is 19.2 Å². The van der Waals surface area contributed by atoms with Gasteiger partial charge in [0, 0.05) is 25.7 Å². The van der Waals surface area contributed by atoms with Crippen LogP contribution in [0.3, 0.4) is 0 Å². The van der Waals surface area contributed by atoms with Gasteiger partial charge >= 0.3 is 23.9 Å². The fraction of sp³-hybridized carbons (Fsp3) is 0.957. The third-order valence-electron chi connectivity index (χ3n) is 21.3. The van der Waals surface area contributed by atoms with Gasteiger partial charge in [0.15, 0.2) is 0 Å². The molecule has 0 aromatic rings. The first-order chi connectivity index (χ1) is 51.3. The molecule has 12 heteroatoms. The van der Waals surface area contributed by atoms with Gasteiger partial charge in [-0.25, -0.2) is 0 Å². The standard InChI is InChI=1S/4C22H44O2.C5H12O4/c4*1-2-3-4-5-6-7-8-9-10-11-12-13-14-15-16-17-18-19-20-21-22(23)24;6-1-5(2-7,3-8)4-9/h4*2-21H2,1H3,(H,23,24);6-9H,1-4H2. The maximum Gasteiger partial charge on any atom is 0.303 e. The summed E-state index contributed by atoms with van der Waals surface area (Å²) < 4.78 is 0. The lowest BCUT2D eigenvalue weighted by Crippen LogP contribution is -2.37. The van der Waals surface area contributed by atoms with Crippen molar-refractivity contribution in [2.24, 2.45) is 5.41 Å². The minimum Gasteiger partial charge on any atom is -0.481 e. The van der Waals surface area contributed by atoms with E-state index < -0.39 is 55.7 Å². The molecule has 0 fully saturated rings. The third-order valence-corrected chi connectivity index (χ3v) is 21.3. The van der Waals surface area contributed by atoms with Crippen molar-refractivity contribution in [2.45, 2.75) is 541 Å². The summed E-state index contributed by atoms with van der Waals surface area (Å²) in [4.78, 5) is 41.5. The van der Waals surface area contributed by atoms with Crippen LogP contribution in [0.25, 0.3) is 0 Å². The van der Waals surface area contributed by atoms with E-state index in [0.29, 0.717) is 25.7 Å². The molecule has 0 aliphatic heterocycles. The molecule has 0 saturated carbocycles. The van der Waals surface area contributed by atoms with E-state index in [0.717, 1.165) is 51.4 Å². The van der Waals surface area contributed by atoms with Gasteiger partial charge in [0.1, 0.15) is 0 Å². The number of hydrogen-bond acceptors (Lipinski definition) is 8. The number of unbranched alkanes of at least 4 members (excludes halogenated alkanes) is 72. The number of carboxylic acids is 4. The van der Waals surface area contributed by atoms with Crippen LogP contribution in [0.4, 0.5) is 0 Å². The molecule has 0 heterocycles. The van der Waals surface area contributed by atoms with Gasteiger partial charge in [0.2, 0.25) is 0 Å². The highest BCUT2D eigenvalue weighted by atomic mass is 16.4. The molecule has 0 spiro atoms. The number of carboxylic acid groups (broad SMARTS) is 4. The van der Waals surface area contributed by atoms with Crippen LogP contribution in [-0.4, -0.2) is 91.2 Å². The van der Waals surface area contributed by atoms with Gasteiger partial charge in [-0.2, -0.15) is 0 Å². The molecule has 0 saturated heterocycles. The van der Waals surface area contributed by atoms with Crippen LogP contribution in [0.5, 0.6) is 0 Å². The maximum atomic E-state index is 10.4. The Kier molecular flexibility index (Phi) is 110. The summed E-state index contributed by atoms with van der Waals surface area (Å²) in [6, 6.07) is 0. The molecule has 0 atom stereocenters. The van der Waals surface area contributed by atoms with Crippen molar-refractivity contribution < 1.29 is 60.0 Å². The second-order valence-corrected chi connectivity index (χ2v) is 32.2. The van der Waals surface area contributed by atoms with Crippen LogP contribution in [0.2, 0.25) is 0 Å². The number of carbonyl (C=O) groups is 4. The van der Waals surface area contributed by atoms with Crippen molar-refractivity contribution in [3.8, 4) is 0 Å². The highest BCUT2D eigenvalue weighted by Gasteiger charge is 2.26. The first-order valence-electron chi connectivity index (χ1n) is 46.6. The van der Waals surface area contributed by atoms with E-state index in [4.69, 9.17) is 40.9 Å². The van der Waals surface area contributed by atoms with Gasteiger partial charge in [0.05, 0.1) is 31.8 Å². The van der Waals surface area contributed by atoms with Crippen molar-refractivity contribution >= 4 is 23.9 Å². The molecular formula is C93H188O12. The number of aliphatic hydroxyl groups is 4. The van der Waals surface area contributed by atoms with Crippen LogP contribution in [0.15, 0.2) is 0 Å². The van der Waals surface area contributed by atoms with Gasteiger partial charge in [0.25, 0.3) is 0 Å². The lowest BCUT2D eigenvalue weighted by molar-refractivity contribution is -0.138. The van der Waals surface area contributed by atoms with Gasteiger partial charge in [-0.1, -0.05) is 490 Å². The lowest BCUT2D eigenvalue weighted by atomic mass is 9.93. The number of rotatable bonds is 84. The molecule has 0 aliphatic carbocycles. The van der Waals surface area contributed by atoms with Crippen LogP contribution < -0.4 is 0 Å².